The van der Waals surface area contributed by atoms with Crippen molar-refractivity contribution in [2.75, 3.05) is 33.4 Å². The highest BCUT2D eigenvalue weighted by Gasteiger charge is 2.29. The van der Waals surface area contributed by atoms with Crippen LogP contribution >= 0.6 is 0 Å². The van der Waals surface area contributed by atoms with Gasteiger partial charge in [0.2, 0.25) is 11.8 Å². The van der Waals surface area contributed by atoms with Gasteiger partial charge in [-0.15, -0.1) is 0 Å². The van der Waals surface area contributed by atoms with Crippen molar-refractivity contribution < 1.29 is 28.9 Å². The molecule has 2 aliphatic rings. The highest BCUT2D eigenvalue weighted by atomic mass is 19.1. The fourth-order valence-corrected chi connectivity index (χ4v) is 5.12. The molecule has 0 spiro atoms. The Kier molecular flexibility index (Phi) is 10.0. The Labute approximate surface area is 207 Å². The molecular formula is C26H40FN3O5. The molecule has 2 saturated heterocycles. The Morgan fingerprint density at radius 1 is 1.23 bits per heavy atom. The quantitative estimate of drug-likeness (QED) is 0.487. The first-order chi connectivity index (χ1) is 16.7. The average Bonchev–Trinajstić information content (AvgIpc) is 2.85. The maximum absolute atomic E-state index is 13.7. The maximum Gasteiger partial charge on any atom is 0.221 e. The van der Waals surface area contributed by atoms with Crippen LogP contribution in [0.15, 0.2) is 24.3 Å². The van der Waals surface area contributed by atoms with E-state index in [-0.39, 0.29) is 30.4 Å². The first-order valence-electron chi connectivity index (χ1n) is 12.6. The van der Waals surface area contributed by atoms with Crippen LogP contribution in [0.5, 0.6) is 0 Å². The molecule has 2 amide bonds. The summed E-state index contributed by atoms with van der Waals surface area (Å²) in [5.41, 5.74) is 1.70. The molecule has 0 unspecified atom stereocenters. The summed E-state index contributed by atoms with van der Waals surface area (Å²) in [6.07, 6.45) is 1.21. The Bertz CT molecular complexity index is 821. The van der Waals surface area contributed by atoms with Gasteiger partial charge in [-0.2, -0.15) is 0 Å². The molecule has 2 heterocycles. The smallest absolute Gasteiger partial charge is 0.221 e. The highest BCUT2D eigenvalue weighted by Crippen LogP contribution is 2.29. The lowest BCUT2D eigenvalue weighted by Crippen LogP contribution is -2.45. The van der Waals surface area contributed by atoms with E-state index < -0.39 is 25.1 Å². The number of carbonyl (C=O) groups excluding carboxylic acids is 2. The fraction of sp³-hybridized carbons (Fsp3) is 0.692. The third kappa shape index (κ3) is 7.70. The van der Waals surface area contributed by atoms with Crippen LogP contribution in [0.3, 0.4) is 0 Å². The Hall–Kier alpha value is -2.07. The van der Waals surface area contributed by atoms with Crippen molar-refractivity contribution in [3.63, 3.8) is 0 Å². The van der Waals surface area contributed by atoms with Gasteiger partial charge in [-0.1, -0.05) is 24.3 Å². The van der Waals surface area contributed by atoms with E-state index in [9.17, 15) is 24.2 Å². The lowest BCUT2D eigenvalue weighted by Gasteiger charge is -2.36. The number of aliphatic hydroxyl groups is 2. The molecule has 1 aromatic carbocycles. The van der Waals surface area contributed by atoms with Crippen LogP contribution in [0.2, 0.25) is 0 Å². The van der Waals surface area contributed by atoms with Gasteiger partial charge in [-0.3, -0.25) is 9.59 Å². The van der Waals surface area contributed by atoms with Gasteiger partial charge in [-0.25, -0.2) is 4.39 Å². The van der Waals surface area contributed by atoms with Crippen LogP contribution in [-0.2, 0) is 14.3 Å². The summed E-state index contributed by atoms with van der Waals surface area (Å²) in [5.74, 6) is 0.128. The Morgan fingerprint density at radius 2 is 1.89 bits per heavy atom. The van der Waals surface area contributed by atoms with E-state index in [1.165, 1.54) is 0 Å². The topological polar surface area (TPSA) is 102 Å². The molecule has 0 aromatic heterocycles. The summed E-state index contributed by atoms with van der Waals surface area (Å²) in [4.78, 5) is 27.9. The van der Waals surface area contributed by atoms with Crippen LogP contribution in [0.25, 0.3) is 0 Å². The van der Waals surface area contributed by atoms with E-state index in [2.05, 4.69) is 5.32 Å². The van der Waals surface area contributed by atoms with Crippen LogP contribution in [0, 0.1) is 0 Å². The number of piperidine rings is 1. The lowest BCUT2D eigenvalue weighted by molar-refractivity contribution is -0.173. The van der Waals surface area contributed by atoms with Crippen molar-refractivity contribution in [2.45, 2.75) is 82.5 Å². The molecule has 2 aliphatic heterocycles. The van der Waals surface area contributed by atoms with E-state index in [1.54, 1.807) is 19.1 Å². The van der Waals surface area contributed by atoms with Crippen molar-refractivity contribution >= 4 is 11.8 Å². The number of amides is 2. The van der Waals surface area contributed by atoms with Crippen molar-refractivity contribution in [3.05, 3.63) is 35.4 Å². The number of ether oxygens (including phenoxy) is 1. The van der Waals surface area contributed by atoms with Crippen LogP contribution in [0.1, 0.15) is 69.1 Å². The lowest BCUT2D eigenvalue weighted by atomic mass is 9.88. The van der Waals surface area contributed by atoms with Crippen molar-refractivity contribution in [3.8, 4) is 0 Å². The molecule has 1 aromatic rings. The monoisotopic (exact) mass is 493 g/mol. The molecule has 35 heavy (non-hydrogen) atoms. The third-order valence-electron chi connectivity index (χ3n) is 7.37. The summed E-state index contributed by atoms with van der Waals surface area (Å²) in [6, 6.07) is 6.55. The summed E-state index contributed by atoms with van der Waals surface area (Å²) >= 11 is 0. The van der Waals surface area contributed by atoms with Gasteiger partial charge in [0.15, 0.2) is 6.29 Å². The summed E-state index contributed by atoms with van der Waals surface area (Å²) < 4.78 is 19.1. The molecule has 0 aliphatic carbocycles. The Morgan fingerprint density at radius 3 is 2.46 bits per heavy atom. The van der Waals surface area contributed by atoms with Crippen LogP contribution < -0.4 is 5.32 Å². The first kappa shape index (κ1) is 27.5. The summed E-state index contributed by atoms with van der Waals surface area (Å²) in [5, 5.41) is 23.2. The predicted octanol–water partition coefficient (Wildman–Crippen LogP) is 2.11. The molecule has 196 valence electrons. The Balaban J connectivity index is 1.48. The van der Waals surface area contributed by atoms with Gasteiger partial charge in [0.25, 0.3) is 0 Å². The number of rotatable bonds is 9. The standard InChI is InChI=1S/C26H40FN3O5/c1-17-14-22(15-25(33)35-17)29(3)11-10-24(32)28-23(16-27)26(34)21-6-4-19(5-7-21)20-8-12-30(13-9-20)18(2)31/h4-7,17,20,22-23,25-26,33-34H,8-16H2,1-3H3,(H,28,32)/t17-,22+,23-,25-,26-/m1/s1. The third-order valence-corrected chi connectivity index (χ3v) is 7.37. The zero-order chi connectivity index (χ0) is 25.5. The molecule has 2 fully saturated rings. The molecule has 0 saturated carbocycles. The molecule has 0 radical (unpaired) electrons. The van der Waals surface area contributed by atoms with E-state index >= 15 is 0 Å². The predicted molar refractivity (Wildman–Crippen MR) is 130 cm³/mol. The second-order valence-electron chi connectivity index (χ2n) is 9.98. The van der Waals surface area contributed by atoms with Crippen molar-refractivity contribution in [1.29, 1.82) is 0 Å². The number of benzene rings is 1. The first-order valence-corrected chi connectivity index (χ1v) is 12.6. The number of halogens is 1. The zero-order valence-electron chi connectivity index (χ0n) is 21.0. The molecule has 9 heteroatoms. The molecule has 8 nitrogen and oxygen atoms in total. The van der Waals surface area contributed by atoms with Gasteiger partial charge >= 0.3 is 0 Å². The highest BCUT2D eigenvalue weighted by molar-refractivity contribution is 5.76. The van der Waals surface area contributed by atoms with E-state index in [4.69, 9.17) is 4.74 Å². The molecule has 3 rings (SSSR count). The van der Waals surface area contributed by atoms with E-state index in [0.717, 1.165) is 37.9 Å². The SMILES string of the molecule is CC(=O)N1CCC(c2ccc([C@@H](O)[C@@H](CF)NC(=O)CCN(C)[C@H]3C[C@@H](C)O[C@@H](O)C3)cc2)CC1. The van der Waals surface area contributed by atoms with Crippen molar-refractivity contribution in [2.24, 2.45) is 0 Å². The molecule has 5 atom stereocenters. The zero-order valence-corrected chi connectivity index (χ0v) is 21.0. The average molecular weight is 494 g/mol. The number of alkyl halides is 1. The van der Waals surface area contributed by atoms with Gasteiger partial charge in [0.05, 0.1) is 12.1 Å². The number of nitrogens with one attached hydrogen (secondary N) is 1. The summed E-state index contributed by atoms with van der Waals surface area (Å²) in [7, 11) is 1.90. The minimum absolute atomic E-state index is 0.0502. The normalized spacial score (nSPS) is 25.3. The fourth-order valence-electron chi connectivity index (χ4n) is 5.12. The van der Waals surface area contributed by atoms with E-state index in [0.29, 0.717) is 24.4 Å². The maximum atomic E-state index is 13.7. The number of hydrogen-bond donors (Lipinski definition) is 3. The second kappa shape index (κ2) is 12.8. The number of carbonyl (C=O) groups is 2. The van der Waals surface area contributed by atoms with Crippen LogP contribution in [-0.4, -0.2) is 89.7 Å². The minimum atomic E-state index is -1.15. The molecule has 3 N–H and O–H groups in total. The number of aliphatic hydroxyl groups excluding tert-OH is 2. The second-order valence-corrected chi connectivity index (χ2v) is 9.98. The number of hydrogen-bond acceptors (Lipinski definition) is 6. The number of likely N-dealkylation sites (tertiary alicyclic amines) is 1. The summed E-state index contributed by atoms with van der Waals surface area (Å²) in [6.45, 7) is 4.56. The van der Waals surface area contributed by atoms with E-state index in [1.807, 2.05) is 35.9 Å². The van der Waals surface area contributed by atoms with Gasteiger partial charge < -0.3 is 30.1 Å². The largest absolute Gasteiger partial charge is 0.386 e. The van der Waals surface area contributed by atoms with Crippen LogP contribution in [0.4, 0.5) is 4.39 Å². The number of nitrogens with zero attached hydrogens (tertiary/aromatic N) is 2. The molecular weight excluding hydrogens is 453 g/mol. The molecule has 0 bridgehead atoms. The van der Waals surface area contributed by atoms with Gasteiger partial charge in [0.1, 0.15) is 12.8 Å². The minimum Gasteiger partial charge on any atom is -0.386 e. The van der Waals surface area contributed by atoms with Gasteiger partial charge in [0, 0.05) is 45.4 Å². The van der Waals surface area contributed by atoms with Crippen molar-refractivity contribution in [1.82, 2.24) is 15.1 Å². The van der Waals surface area contributed by atoms with Gasteiger partial charge in [-0.05, 0) is 50.3 Å².